The van der Waals surface area contributed by atoms with Gasteiger partial charge in [0, 0.05) is 48.6 Å². The molecule has 0 aromatic heterocycles. The second-order valence-corrected chi connectivity index (χ2v) is 6.24. The average molecular weight is 311 g/mol. The molecule has 21 heavy (non-hydrogen) atoms. The minimum atomic E-state index is 0.471. The summed E-state index contributed by atoms with van der Waals surface area (Å²) in [5.41, 5.74) is 2.45. The van der Waals surface area contributed by atoms with Crippen molar-refractivity contribution in [3.8, 4) is 0 Å². The van der Waals surface area contributed by atoms with Gasteiger partial charge >= 0.3 is 0 Å². The van der Waals surface area contributed by atoms with Crippen molar-refractivity contribution in [2.75, 3.05) is 25.2 Å². The molecule has 1 aromatic carbocycles. The monoisotopic (exact) mass is 310 g/mol. The lowest BCUT2D eigenvalue weighted by molar-refractivity contribution is 0.203. The number of nitrogens with one attached hydrogen (secondary N) is 1. The van der Waals surface area contributed by atoms with Gasteiger partial charge < -0.3 is 15.0 Å². The van der Waals surface area contributed by atoms with Crippen LogP contribution in [0.3, 0.4) is 0 Å². The Morgan fingerprint density at radius 3 is 2.81 bits per heavy atom. The van der Waals surface area contributed by atoms with Crippen LogP contribution in [-0.4, -0.2) is 32.3 Å². The van der Waals surface area contributed by atoms with E-state index in [-0.39, 0.29) is 0 Å². The van der Waals surface area contributed by atoms with Crippen LogP contribution >= 0.6 is 11.6 Å². The van der Waals surface area contributed by atoms with Gasteiger partial charge in [-0.1, -0.05) is 24.6 Å². The maximum atomic E-state index is 6.46. The van der Waals surface area contributed by atoms with Gasteiger partial charge in [0.15, 0.2) is 0 Å². The normalized spacial score (nSPS) is 16.0. The molecule has 0 aliphatic heterocycles. The summed E-state index contributed by atoms with van der Waals surface area (Å²) in [7, 11) is 1.75. The van der Waals surface area contributed by atoms with Crippen LogP contribution in [0.15, 0.2) is 18.2 Å². The van der Waals surface area contributed by atoms with Crippen molar-refractivity contribution in [1.82, 2.24) is 5.32 Å². The fraction of sp³-hybridized carbons (Fsp3) is 0.647. The van der Waals surface area contributed by atoms with E-state index in [1.807, 2.05) is 12.1 Å². The maximum Gasteiger partial charge on any atom is 0.0637 e. The third-order valence-electron chi connectivity index (χ3n) is 4.21. The van der Waals surface area contributed by atoms with E-state index in [4.69, 9.17) is 16.3 Å². The zero-order valence-corrected chi connectivity index (χ0v) is 14.1. The van der Waals surface area contributed by atoms with Crippen LogP contribution in [0.25, 0.3) is 0 Å². The summed E-state index contributed by atoms with van der Waals surface area (Å²) in [6, 6.07) is 7.36. The molecular formula is C17H27ClN2O. The standard InChI is InChI=1S/C17H27ClN2O/c1-4-13(2)20(10-11-21-3)17-7-5-6-16(18)15(17)12-19-14-8-9-14/h5-7,13-14,19H,4,8-12H2,1-3H3. The van der Waals surface area contributed by atoms with Gasteiger partial charge in [0.2, 0.25) is 0 Å². The van der Waals surface area contributed by atoms with Crippen molar-refractivity contribution in [2.45, 2.75) is 51.7 Å². The van der Waals surface area contributed by atoms with Crippen molar-refractivity contribution >= 4 is 17.3 Å². The number of hydrogen-bond acceptors (Lipinski definition) is 3. The number of halogens is 1. The molecule has 0 radical (unpaired) electrons. The first kappa shape index (κ1) is 16.6. The topological polar surface area (TPSA) is 24.5 Å². The summed E-state index contributed by atoms with van der Waals surface area (Å²) in [4.78, 5) is 2.42. The Balaban J connectivity index is 2.21. The van der Waals surface area contributed by atoms with Gasteiger partial charge in [-0.2, -0.15) is 0 Å². The first-order valence-corrected chi connectivity index (χ1v) is 8.31. The molecule has 1 aliphatic rings. The van der Waals surface area contributed by atoms with Gasteiger partial charge in [-0.05, 0) is 38.3 Å². The zero-order valence-electron chi connectivity index (χ0n) is 13.4. The minimum Gasteiger partial charge on any atom is -0.383 e. The molecule has 1 unspecified atom stereocenters. The van der Waals surface area contributed by atoms with Gasteiger partial charge in [0.05, 0.1) is 6.61 Å². The molecule has 1 aromatic rings. The van der Waals surface area contributed by atoms with E-state index in [9.17, 15) is 0 Å². The predicted octanol–water partition coefficient (Wildman–Crippen LogP) is 3.84. The Morgan fingerprint density at radius 1 is 1.43 bits per heavy atom. The Kier molecular flexibility index (Phi) is 6.34. The SMILES string of the molecule is CCC(C)N(CCOC)c1cccc(Cl)c1CNC1CC1. The zero-order chi connectivity index (χ0) is 15.2. The number of methoxy groups -OCH3 is 1. The molecule has 4 heteroatoms. The van der Waals surface area contributed by atoms with E-state index in [2.05, 4.69) is 30.1 Å². The molecule has 2 rings (SSSR count). The molecule has 1 N–H and O–H groups in total. The molecular weight excluding hydrogens is 284 g/mol. The number of nitrogens with zero attached hydrogens (tertiary/aromatic N) is 1. The van der Waals surface area contributed by atoms with E-state index in [1.165, 1.54) is 24.1 Å². The van der Waals surface area contributed by atoms with Gasteiger partial charge in [0.25, 0.3) is 0 Å². The van der Waals surface area contributed by atoms with Gasteiger partial charge in [-0.3, -0.25) is 0 Å². The number of ether oxygens (including phenoxy) is 1. The lowest BCUT2D eigenvalue weighted by Gasteiger charge is -2.33. The van der Waals surface area contributed by atoms with Gasteiger partial charge in [0.1, 0.15) is 0 Å². The van der Waals surface area contributed by atoms with Gasteiger partial charge in [-0.15, -0.1) is 0 Å². The van der Waals surface area contributed by atoms with E-state index in [0.717, 1.165) is 31.1 Å². The molecule has 1 aliphatic carbocycles. The smallest absolute Gasteiger partial charge is 0.0637 e. The number of anilines is 1. The highest BCUT2D eigenvalue weighted by molar-refractivity contribution is 6.31. The fourth-order valence-corrected chi connectivity index (χ4v) is 2.75. The van der Waals surface area contributed by atoms with E-state index >= 15 is 0 Å². The van der Waals surface area contributed by atoms with Crippen LogP contribution < -0.4 is 10.2 Å². The van der Waals surface area contributed by atoms with Crippen LogP contribution in [-0.2, 0) is 11.3 Å². The van der Waals surface area contributed by atoms with Crippen molar-refractivity contribution in [3.63, 3.8) is 0 Å². The van der Waals surface area contributed by atoms with E-state index in [1.54, 1.807) is 7.11 Å². The molecule has 1 atom stereocenters. The van der Waals surface area contributed by atoms with Gasteiger partial charge in [-0.25, -0.2) is 0 Å². The van der Waals surface area contributed by atoms with Crippen LogP contribution in [0.5, 0.6) is 0 Å². The Hall–Kier alpha value is -0.770. The number of rotatable bonds is 9. The van der Waals surface area contributed by atoms with E-state index < -0.39 is 0 Å². The summed E-state index contributed by atoms with van der Waals surface area (Å²) >= 11 is 6.46. The van der Waals surface area contributed by atoms with Crippen LogP contribution in [0, 0.1) is 0 Å². The van der Waals surface area contributed by atoms with Crippen LogP contribution in [0.4, 0.5) is 5.69 Å². The first-order valence-electron chi connectivity index (χ1n) is 7.93. The highest BCUT2D eigenvalue weighted by Gasteiger charge is 2.23. The van der Waals surface area contributed by atoms with E-state index in [0.29, 0.717) is 12.1 Å². The molecule has 0 amide bonds. The van der Waals surface area contributed by atoms with Crippen LogP contribution in [0.2, 0.25) is 5.02 Å². The van der Waals surface area contributed by atoms with Crippen molar-refractivity contribution in [2.24, 2.45) is 0 Å². The Morgan fingerprint density at radius 2 is 2.19 bits per heavy atom. The summed E-state index contributed by atoms with van der Waals surface area (Å²) < 4.78 is 5.28. The number of benzene rings is 1. The summed E-state index contributed by atoms with van der Waals surface area (Å²) in [5, 5.41) is 4.43. The molecule has 0 saturated heterocycles. The van der Waals surface area contributed by atoms with Crippen molar-refractivity contribution < 1.29 is 4.74 Å². The summed E-state index contributed by atoms with van der Waals surface area (Å²) in [6.45, 7) is 6.94. The predicted molar refractivity (Wildman–Crippen MR) is 90.3 cm³/mol. The quantitative estimate of drug-likeness (QED) is 0.750. The van der Waals surface area contributed by atoms with Crippen molar-refractivity contribution in [3.05, 3.63) is 28.8 Å². The molecule has 0 bridgehead atoms. The largest absolute Gasteiger partial charge is 0.383 e. The lowest BCUT2D eigenvalue weighted by Crippen LogP contribution is -2.36. The van der Waals surface area contributed by atoms with Crippen molar-refractivity contribution in [1.29, 1.82) is 0 Å². The lowest BCUT2D eigenvalue weighted by atomic mass is 10.1. The highest BCUT2D eigenvalue weighted by atomic mass is 35.5. The maximum absolute atomic E-state index is 6.46. The fourth-order valence-electron chi connectivity index (χ4n) is 2.51. The third kappa shape index (κ3) is 4.60. The second kappa shape index (κ2) is 8.02. The summed E-state index contributed by atoms with van der Waals surface area (Å²) in [6.07, 6.45) is 3.68. The highest BCUT2D eigenvalue weighted by Crippen LogP contribution is 2.30. The van der Waals surface area contributed by atoms with Crippen LogP contribution in [0.1, 0.15) is 38.7 Å². The Labute approximate surface area is 133 Å². The first-order chi connectivity index (χ1) is 10.2. The molecule has 3 nitrogen and oxygen atoms in total. The second-order valence-electron chi connectivity index (χ2n) is 5.84. The minimum absolute atomic E-state index is 0.471. The molecule has 1 saturated carbocycles. The molecule has 1 fully saturated rings. The Bertz CT molecular complexity index is 448. The molecule has 118 valence electrons. The third-order valence-corrected chi connectivity index (χ3v) is 4.56. The average Bonchev–Trinajstić information content (AvgIpc) is 3.30. The molecule has 0 heterocycles. The molecule has 0 spiro atoms. The summed E-state index contributed by atoms with van der Waals surface area (Å²) in [5.74, 6) is 0. The number of hydrogen-bond donors (Lipinski definition) is 1.